The van der Waals surface area contributed by atoms with Gasteiger partial charge in [-0.25, -0.2) is 0 Å². The molecule has 2 aromatic carbocycles. The second-order valence-electron chi connectivity index (χ2n) is 4.12. The van der Waals surface area contributed by atoms with E-state index in [2.05, 4.69) is 22.6 Å². The standard InChI is InChI=1S/C14H13IO3/c1-8(14(16)17)9-3-5-11-10(7-9)4-6-12(18-2)13(11)15/h3-8H,1-2H3,(H,16,17). The van der Waals surface area contributed by atoms with Gasteiger partial charge in [0.25, 0.3) is 0 Å². The van der Waals surface area contributed by atoms with E-state index in [1.165, 1.54) is 0 Å². The van der Waals surface area contributed by atoms with Crippen molar-refractivity contribution in [3.8, 4) is 5.75 Å². The Labute approximate surface area is 119 Å². The Balaban J connectivity index is 2.57. The Morgan fingerprint density at radius 3 is 2.67 bits per heavy atom. The summed E-state index contributed by atoms with van der Waals surface area (Å²) in [6.45, 7) is 1.69. The summed E-state index contributed by atoms with van der Waals surface area (Å²) < 4.78 is 6.31. The lowest BCUT2D eigenvalue weighted by molar-refractivity contribution is -0.138. The van der Waals surface area contributed by atoms with E-state index in [1.54, 1.807) is 14.0 Å². The minimum Gasteiger partial charge on any atom is -0.496 e. The highest BCUT2D eigenvalue weighted by atomic mass is 127. The zero-order valence-corrected chi connectivity index (χ0v) is 12.3. The number of benzene rings is 2. The van der Waals surface area contributed by atoms with Gasteiger partial charge in [0.15, 0.2) is 0 Å². The van der Waals surface area contributed by atoms with E-state index >= 15 is 0 Å². The maximum atomic E-state index is 11.0. The van der Waals surface area contributed by atoms with Crippen LogP contribution in [0.4, 0.5) is 0 Å². The topological polar surface area (TPSA) is 46.5 Å². The van der Waals surface area contributed by atoms with Crippen molar-refractivity contribution in [2.24, 2.45) is 0 Å². The van der Waals surface area contributed by atoms with Gasteiger partial charge in [0.2, 0.25) is 0 Å². The average Bonchev–Trinajstić information content (AvgIpc) is 2.37. The summed E-state index contributed by atoms with van der Waals surface area (Å²) in [4.78, 5) is 11.0. The smallest absolute Gasteiger partial charge is 0.310 e. The van der Waals surface area contributed by atoms with Crippen molar-refractivity contribution in [2.45, 2.75) is 12.8 Å². The van der Waals surface area contributed by atoms with Gasteiger partial charge in [0.1, 0.15) is 5.75 Å². The number of aliphatic carboxylic acids is 1. The molecule has 18 heavy (non-hydrogen) atoms. The van der Waals surface area contributed by atoms with Crippen molar-refractivity contribution in [2.75, 3.05) is 7.11 Å². The largest absolute Gasteiger partial charge is 0.496 e. The van der Waals surface area contributed by atoms with E-state index in [4.69, 9.17) is 9.84 Å². The van der Waals surface area contributed by atoms with E-state index in [1.807, 2.05) is 30.3 Å². The van der Waals surface area contributed by atoms with Gasteiger partial charge >= 0.3 is 5.97 Å². The van der Waals surface area contributed by atoms with Gasteiger partial charge in [0.05, 0.1) is 16.6 Å². The molecular weight excluding hydrogens is 343 g/mol. The van der Waals surface area contributed by atoms with E-state index in [9.17, 15) is 4.79 Å². The van der Waals surface area contributed by atoms with Crippen LogP contribution in [0.1, 0.15) is 18.4 Å². The molecule has 4 heteroatoms. The molecule has 0 saturated heterocycles. The monoisotopic (exact) mass is 356 g/mol. The first-order chi connectivity index (χ1) is 8.54. The van der Waals surface area contributed by atoms with Crippen LogP contribution < -0.4 is 4.74 Å². The van der Waals surface area contributed by atoms with Crippen LogP contribution >= 0.6 is 22.6 Å². The predicted molar refractivity (Wildman–Crippen MR) is 79.3 cm³/mol. The molecule has 1 N–H and O–H groups in total. The third-order valence-electron chi connectivity index (χ3n) is 3.03. The fourth-order valence-electron chi connectivity index (χ4n) is 1.86. The molecule has 0 spiro atoms. The molecular formula is C14H13IO3. The van der Waals surface area contributed by atoms with Crippen LogP contribution in [0.15, 0.2) is 30.3 Å². The summed E-state index contributed by atoms with van der Waals surface area (Å²) in [5.41, 5.74) is 0.816. The SMILES string of the molecule is COc1ccc2cc(C(C)C(=O)O)ccc2c1I. The van der Waals surface area contributed by atoms with E-state index < -0.39 is 11.9 Å². The molecule has 1 unspecified atom stereocenters. The number of halogens is 1. The van der Waals surface area contributed by atoms with Crippen LogP contribution in [-0.4, -0.2) is 18.2 Å². The Hall–Kier alpha value is -1.30. The number of hydrogen-bond donors (Lipinski definition) is 1. The molecule has 0 aliphatic rings. The number of carboxylic acid groups (broad SMARTS) is 1. The van der Waals surface area contributed by atoms with E-state index in [-0.39, 0.29) is 0 Å². The minimum atomic E-state index is -0.808. The molecule has 0 aliphatic heterocycles. The summed E-state index contributed by atoms with van der Waals surface area (Å²) in [5, 5.41) is 11.1. The molecule has 0 heterocycles. The molecule has 2 rings (SSSR count). The van der Waals surface area contributed by atoms with Crippen molar-refractivity contribution < 1.29 is 14.6 Å². The van der Waals surface area contributed by atoms with Gasteiger partial charge in [-0.3, -0.25) is 4.79 Å². The number of methoxy groups -OCH3 is 1. The fraction of sp³-hybridized carbons (Fsp3) is 0.214. The first-order valence-electron chi connectivity index (χ1n) is 5.53. The number of ether oxygens (including phenoxy) is 1. The first-order valence-corrected chi connectivity index (χ1v) is 6.61. The van der Waals surface area contributed by atoms with Crippen molar-refractivity contribution in [3.05, 3.63) is 39.5 Å². The third-order valence-corrected chi connectivity index (χ3v) is 4.15. The van der Waals surface area contributed by atoms with Crippen LogP contribution in [0.2, 0.25) is 0 Å². The molecule has 0 bridgehead atoms. The summed E-state index contributed by atoms with van der Waals surface area (Å²) in [5.74, 6) is -0.464. The number of carboxylic acids is 1. The second-order valence-corrected chi connectivity index (χ2v) is 5.20. The maximum Gasteiger partial charge on any atom is 0.310 e. The lowest BCUT2D eigenvalue weighted by atomic mass is 9.98. The molecule has 2 aromatic rings. The third kappa shape index (κ3) is 2.29. The summed E-state index contributed by atoms with van der Waals surface area (Å²) in [6, 6.07) is 9.60. The quantitative estimate of drug-likeness (QED) is 0.855. The Kier molecular flexibility index (Phi) is 3.75. The summed E-state index contributed by atoms with van der Waals surface area (Å²) in [7, 11) is 1.64. The lowest BCUT2D eigenvalue weighted by Crippen LogP contribution is -2.07. The highest BCUT2D eigenvalue weighted by molar-refractivity contribution is 14.1. The van der Waals surface area contributed by atoms with Gasteiger partial charge in [-0.15, -0.1) is 0 Å². The Morgan fingerprint density at radius 2 is 2.06 bits per heavy atom. The highest BCUT2D eigenvalue weighted by Crippen LogP contribution is 2.31. The zero-order chi connectivity index (χ0) is 13.3. The lowest BCUT2D eigenvalue weighted by Gasteiger charge is -2.10. The summed E-state index contributed by atoms with van der Waals surface area (Å²) in [6.07, 6.45) is 0. The molecule has 94 valence electrons. The molecule has 0 aliphatic carbocycles. The van der Waals surface area contributed by atoms with E-state index in [0.717, 1.165) is 25.7 Å². The van der Waals surface area contributed by atoms with Crippen molar-refractivity contribution in [3.63, 3.8) is 0 Å². The Morgan fingerprint density at radius 1 is 1.33 bits per heavy atom. The van der Waals surface area contributed by atoms with Gasteiger partial charge in [-0.05, 0) is 51.9 Å². The predicted octanol–water partition coefficient (Wildman–Crippen LogP) is 3.64. The van der Waals surface area contributed by atoms with Crippen LogP contribution in [0.3, 0.4) is 0 Å². The van der Waals surface area contributed by atoms with Gasteiger partial charge in [-0.1, -0.05) is 24.3 Å². The molecule has 0 aromatic heterocycles. The second kappa shape index (κ2) is 5.14. The van der Waals surface area contributed by atoms with Crippen molar-refractivity contribution >= 4 is 39.3 Å². The summed E-state index contributed by atoms with van der Waals surface area (Å²) >= 11 is 2.24. The molecule has 0 saturated carbocycles. The molecule has 3 nitrogen and oxygen atoms in total. The fourth-order valence-corrected chi connectivity index (χ4v) is 2.75. The van der Waals surface area contributed by atoms with E-state index in [0.29, 0.717) is 0 Å². The molecule has 0 fully saturated rings. The molecule has 0 amide bonds. The number of carbonyl (C=O) groups is 1. The van der Waals surface area contributed by atoms with Crippen molar-refractivity contribution in [1.29, 1.82) is 0 Å². The van der Waals surface area contributed by atoms with Crippen LogP contribution in [0, 0.1) is 3.57 Å². The van der Waals surface area contributed by atoms with Gasteiger partial charge in [-0.2, -0.15) is 0 Å². The minimum absolute atomic E-state index is 0.492. The van der Waals surface area contributed by atoms with Crippen LogP contribution in [-0.2, 0) is 4.79 Å². The maximum absolute atomic E-state index is 11.0. The average molecular weight is 356 g/mol. The normalized spacial score (nSPS) is 12.4. The zero-order valence-electron chi connectivity index (χ0n) is 10.1. The molecule has 0 radical (unpaired) electrons. The van der Waals surface area contributed by atoms with Gasteiger partial charge in [0, 0.05) is 0 Å². The van der Waals surface area contributed by atoms with Gasteiger partial charge < -0.3 is 9.84 Å². The number of hydrogen-bond acceptors (Lipinski definition) is 2. The Bertz CT molecular complexity index is 607. The first kappa shape index (κ1) is 13.1. The number of fused-ring (bicyclic) bond motifs is 1. The highest BCUT2D eigenvalue weighted by Gasteiger charge is 2.14. The van der Waals surface area contributed by atoms with Crippen LogP contribution in [0.5, 0.6) is 5.75 Å². The van der Waals surface area contributed by atoms with Crippen molar-refractivity contribution in [1.82, 2.24) is 0 Å². The number of rotatable bonds is 3. The molecule has 1 atom stereocenters. The van der Waals surface area contributed by atoms with Crippen LogP contribution in [0.25, 0.3) is 10.8 Å².